The van der Waals surface area contributed by atoms with Gasteiger partial charge in [-0.05, 0) is 60.2 Å². The zero-order chi connectivity index (χ0) is 12.7. The number of halogens is 1. The first-order valence-corrected chi connectivity index (χ1v) is 6.56. The van der Waals surface area contributed by atoms with E-state index in [4.69, 9.17) is 10.5 Å². The SMILES string of the molecule is CC(N)CCNC(=O)COc1ccc(I)cc1. The highest BCUT2D eigenvalue weighted by Crippen LogP contribution is 2.13. The Kier molecular flexibility index (Phi) is 6.28. The molecule has 17 heavy (non-hydrogen) atoms. The Bertz CT molecular complexity index is 352. The van der Waals surface area contributed by atoms with Crippen molar-refractivity contribution in [2.24, 2.45) is 5.73 Å². The number of carbonyl (C=O) groups is 1. The van der Waals surface area contributed by atoms with Gasteiger partial charge in [0.1, 0.15) is 5.75 Å². The number of carbonyl (C=O) groups excluding carboxylic acids is 1. The zero-order valence-electron chi connectivity index (χ0n) is 9.78. The highest BCUT2D eigenvalue weighted by atomic mass is 127. The lowest BCUT2D eigenvalue weighted by Gasteiger charge is -2.08. The van der Waals surface area contributed by atoms with Crippen LogP contribution in [-0.2, 0) is 4.79 Å². The first-order chi connectivity index (χ1) is 8.08. The predicted octanol–water partition coefficient (Wildman–Crippen LogP) is 1.52. The maximum Gasteiger partial charge on any atom is 0.257 e. The van der Waals surface area contributed by atoms with E-state index in [2.05, 4.69) is 27.9 Å². The van der Waals surface area contributed by atoms with Crippen LogP contribution in [0, 0.1) is 3.57 Å². The fraction of sp³-hybridized carbons (Fsp3) is 0.417. The van der Waals surface area contributed by atoms with Gasteiger partial charge in [0.25, 0.3) is 5.91 Å². The summed E-state index contributed by atoms with van der Waals surface area (Å²) >= 11 is 2.22. The van der Waals surface area contributed by atoms with Crippen LogP contribution in [-0.4, -0.2) is 25.1 Å². The number of amides is 1. The van der Waals surface area contributed by atoms with Gasteiger partial charge in [0, 0.05) is 16.2 Å². The molecule has 1 amide bonds. The molecule has 4 nitrogen and oxygen atoms in total. The molecule has 1 aromatic rings. The molecule has 0 aromatic heterocycles. The molecule has 0 aliphatic carbocycles. The van der Waals surface area contributed by atoms with Crippen molar-refractivity contribution in [2.75, 3.05) is 13.2 Å². The number of benzene rings is 1. The lowest BCUT2D eigenvalue weighted by Crippen LogP contribution is -2.32. The van der Waals surface area contributed by atoms with E-state index in [1.807, 2.05) is 31.2 Å². The van der Waals surface area contributed by atoms with Crippen molar-refractivity contribution >= 4 is 28.5 Å². The van der Waals surface area contributed by atoms with E-state index in [1.54, 1.807) is 0 Å². The van der Waals surface area contributed by atoms with Crippen molar-refractivity contribution < 1.29 is 9.53 Å². The number of nitrogens with one attached hydrogen (secondary N) is 1. The van der Waals surface area contributed by atoms with Gasteiger partial charge in [-0.15, -0.1) is 0 Å². The molecular weight excluding hydrogens is 331 g/mol. The van der Waals surface area contributed by atoms with Crippen LogP contribution in [0.2, 0.25) is 0 Å². The van der Waals surface area contributed by atoms with Crippen molar-refractivity contribution in [1.82, 2.24) is 5.32 Å². The van der Waals surface area contributed by atoms with E-state index in [0.717, 1.165) is 9.99 Å². The molecule has 0 bridgehead atoms. The number of ether oxygens (including phenoxy) is 1. The van der Waals surface area contributed by atoms with E-state index < -0.39 is 0 Å². The third-order valence-electron chi connectivity index (χ3n) is 2.11. The molecule has 3 N–H and O–H groups in total. The third-order valence-corrected chi connectivity index (χ3v) is 2.82. The van der Waals surface area contributed by atoms with Crippen LogP contribution in [0.25, 0.3) is 0 Å². The fourth-order valence-electron chi connectivity index (χ4n) is 1.17. The normalized spacial score (nSPS) is 11.9. The van der Waals surface area contributed by atoms with Gasteiger partial charge < -0.3 is 15.8 Å². The Labute approximate surface area is 115 Å². The predicted molar refractivity (Wildman–Crippen MR) is 75.9 cm³/mol. The third kappa shape index (κ3) is 6.48. The molecule has 1 unspecified atom stereocenters. The van der Waals surface area contributed by atoms with Gasteiger partial charge in [-0.2, -0.15) is 0 Å². The lowest BCUT2D eigenvalue weighted by molar-refractivity contribution is -0.123. The highest BCUT2D eigenvalue weighted by Gasteiger charge is 2.02. The summed E-state index contributed by atoms with van der Waals surface area (Å²) in [7, 11) is 0. The van der Waals surface area contributed by atoms with Gasteiger partial charge in [0.05, 0.1) is 0 Å². The van der Waals surface area contributed by atoms with Crippen LogP contribution in [0.15, 0.2) is 24.3 Å². The quantitative estimate of drug-likeness (QED) is 0.767. The van der Waals surface area contributed by atoms with Crippen LogP contribution in [0.5, 0.6) is 5.75 Å². The molecule has 1 rings (SSSR count). The van der Waals surface area contributed by atoms with Crippen molar-refractivity contribution in [1.29, 1.82) is 0 Å². The average molecular weight is 348 g/mol. The van der Waals surface area contributed by atoms with E-state index in [1.165, 1.54) is 0 Å². The second kappa shape index (κ2) is 7.50. The van der Waals surface area contributed by atoms with Gasteiger partial charge in [-0.1, -0.05) is 0 Å². The molecular formula is C12H17IN2O2. The fourth-order valence-corrected chi connectivity index (χ4v) is 1.53. The van der Waals surface area contributed by atoms with E-state index in [0.29, 0.717) is 12.3 Å². The number of rotatable bonds is 6. The van der Waals surface area contributed by atoms with Crippen LogP contribution in [0.3, 0.4) is 0 Å². The van der Waals surface area contributed by atoms with E-state index in [9.17, 15) is 4.79 Å². The minimum atomic E-state index is -0.121. The standard InChI is InChI=1S/C12H17IN2O2/c1-9(14)6-7-15-12(16)8-17-11-4-2-10(13)3-5-11/h2-5,9H,6-8,14H2,1H3,(H,15,16). The van der Waals surface area contributed by atoms with Gasteiger partial charge in [-0.3, -0.25) is 4.79 Å². The van der Waals surface area contributed by atoms with Crippen molar-refractivity contribution in [3.05, 3.63) is 27.8 Å². The minimum Gasteiger partial charge on any atom is -0.484 e. The molecule has 0 radical (unpaired) electrons. The Morgan fingerprint density at radius 1 is 1.47 bits per heavy atom. The number of hydrogen-bond donors (Lipinski definition) is 2. The molecule has 0 heterocycles. The summed E-state index contributed by atoms with van der Waals surface area (Å²) in [6.45, 7) is 2.54. The van der Waals surface area contributed by atoms with Crippen molar-refractivity contribution in [2.45, 2.75) is 19.4 Å². The van der Waals surface area contributed by atoms with Gasteiger partial charge >= 0.3 is 0 Å². The molecule has 0 aliphatic rings. The summed E-state index contributed by atoms with van der Waals surface area (Å²) in [5.41, 5.74) is 5.57. The monoisotopic (exact) mass is 348 g/mol. The van der Waals surface area contributed by atoms with E-state index >= 15 is 0 Å². The largest absolute Gasteiger partial charge is 0.484 e. The maximum atomic E-state index is 11.4. The molecule has 0 fully saturated rings. The van der Waals surface area contributed by atoms with Crippen LogP contribution >= 0.6 is 22.6 Å². The summed E-state index contributed by atoms with van der Waals surface area (Å²) in [5.74, 6) is 0.581. The molecule has 0 spiro atoms. The van der Waals surface area contributed by atoms with Crippen LogP contribution in [0.1, 0.15) is 13.3 Å². The van der Waals surface area contributed by atoms with Gasteiger partial charge in [0.2, 0.25) is 0 Å². The highest BCUT2D eigenvalue weighted by molar-refractivity contribution is 14.1. The van der Waals surface area contributed by atoms with E-state index in [-0.39, 0.29) is 18.6 Å². The zero-order valence-corrected chi connectivity index (χ0v) is 11.9. The summed E-state index contributed by atoms with van der Waals surface area (Å²) in [5, 5.41) is 2.75. The summed E-state index contributed by atoms with van der Waals surface area (Å²) in [6, 6.07) is 7.66. The number of hydrogen-bond acceptors (Lipinski definition) is 3. The molecule has 1 atom stereocenters. The molecule has 0 aliphatic heterocycles. The summed E-state index contributed by atoms with van der Waals surface area (Å²) in [4.78, 5) is 11.4. The molecule has 94 valence electrons. The topological polar surface area (TPSA) is 64.3 Å². The molecule has 0 saturated heterocycles. The Hall–Kier alpha value is -0.820. The summed E-state index contributed by atoms with van der Waals surface area (Å²) < 4.78 is 6.47. The smallest absolute Gasteiger partial charge is 0.257 e. The first-order valence-electron chi connectivity index (χ1n) is 5.48. The maximum absolute atomic E-state index is 11.4. The second-order valence-electron chi connectivity index (χ2n) is 3.86. The van der Waals surface area contributed by atoms with Gasteiger partial charge in [0.15, 0.2) is 6.61 Å². The van der Waals surface area contributed by atoms with Crippen molar-refractivity contribution in [3.63, 3.8) is 0 Å². The number of nitrogens with two attached hydrogens (primary N) is 1. The molecule has 0 saturated carbocycles. The Balaban J connectivity index is 2.21. The lowest BCUT2D eigenvalue weighted by atomic mass is 10.2. The molecule has 5 heteroatoms. The summed E-state index contributed by atoms with van der Waals surface area (Å²) in [6.07, 6.45) is 0.773. The average Bonchev–Trinajstić information content (AvgIpc) is 2.28. The van der Waals surface area contributed by atoms with Crippen LogP contribution in [0.4, 0.5) is 0 Å². The Morgan fingerprint density at radius 3 is 2.71 bits per heavy atom. The van der Waals surface area contributed by atoms with Crippen molar-refractivity contribution in [3.8, 4) is 5.75 Å². The Morgan fingerprint density at radius 2 is 2.12 bits per heavy atom. The van der Waals surface area contributed by atoms with Gasteiger partial charge in [-0.25, -0.2) is 0 Å². The molecule has 1 aromatic carbocycles. The minimum absolute atomic E-state index is 0.0412. The second-order valence-corrected chi connectivity index (χ2v) is 5.10. The van der Waals surface area contributed by atoms with Crippen LogP contribution < -0.4 is 15.8 Å². The first kappa shape index (κ1) is 14.2.